The Morgan fingerprint density at radius 2 is 1.87 bits per heavy atom. The third-order valence-corrected chi connectivity index (χ3v) is 5.11. The van der Waals surface area contributed by atoms with Gasteiger partial charge in [0.2, 0.25) is 5.91 Å². The lowest BCUT2D eigenvalue weighted by Crippen LogP contribution is -2.47. The van der Waals surface area contributed by atoms with Crippen LogP contribution >= 0.6 is 0 Å². The maximum absolute atomic E-state index is 13.1. The van der Waals surface area contributed by atoms with E-state index in [0.29, 0.717) is 31.7 Å². The zero-order valence-corrected chi connectivity index (χ0v) is 17.6. The molecule has 2 aromatic rings. The number of carbonyl (C=O) groups excluding carboxylic acids is 4. The predicted molar refractivity (Wildman–Crippen MR) is 114 cm³/mol. The number of rotatable bonds is 8. The van der Waals surface area contributed by atoms with Gasteiger partial charge in [-0.2, -0.15) is 0 Å². The summed E-state index contributed by atoms with van der Waals surface area (Å²) >= 11 is 0. The molecule has 1 unspecified atom stereocenters. The molecule has 1 heterocycles. The van der Waals surface area contributed by atoms with Crippen molar-refractivity contribution in [2.24, 2.45) is 0 Å². The molecule has 1 saturated heterocycles. The molecule has 0 spiro atoms. The van der Waals surface area contributed by atoms with E-state index in [1.165, 1.54) is 0 Å². The first-order valence-electron chi connectivity index (χ1n) is 10.1. The smallest absolute Gasteiger partial charge is 0.325 e. The van der Waals surface area contributed by atoms with Crippen LogP contribution in [-0.4, -0.2) is 55.1 Å². The molecule has 0 bridgehead atoms. The third-order valence-electron chi connectivity index (χ3n) is 5.11. The topological polar surface area (TPSA) is 117 Å². The average Bonchev–Trinajstić information content (AvgIpc) is 2.97. The van der Waals surface area contributed by atoms with Crippen molar-refractivity contribution in [2.45, 2.75) is 25.8 Å². The second kappa shape index (κ2) is 9.57. The van der Waals surface area contributed by atoms with Crippen LogP contribution in [0.3, 0.4) is 0 Å². The van der Waals surface area contributed by atoms with E-state index < -0.39 is 36.0 Å². The lowest BCUT2D eigenvalue weighted by Gasteiger charge is -2.24. The van der Waals surface area contributed by atoms with E-state index in [0.717, 1.165) is 15.7 Å². The maximum atomic E-state index is 13.1. The second-order valence-electron chi connectivity index (χ2n) is 7.33. The van der Waals surface area contributed by atoms with Gasteiger partial charge in [0.05, 0.1) is 0 Å². The van der Waals surface area contributed by atoms with Crippen molar-refractivity contribution in [2.75, 3.05) is 26.3 Å². The first kappa shape index (κ1) is 22.2. The molecule has 9 heteroatoms. The molecular formula is C22H26N4O5. The van der Waals surface area contributed by atoms with E-state index >= 15 is 0 Å². The number of urea groups is 2. The third kappa shape index (κ3) is 4.83. The highest BCUT2D eigenvalue weighted by molar-refractivity contribution is 6.11. The van der Waals surface area contributed by atoms with Crippen LogP contribution in [0.25, 0.3) is 10.8 Å². The van der Waals surface area contributed by atoms with E-state index in [9.17, 15) is 19.2 Å². The summed E-state index contributed by atoms with van der Waals surface area (Å²) in [6, 6.07) is 11.7. The van der Waals surface area contributed by atoms with Crippen molar-refractivity contribution >= 4 is 34.6 Å². The SMILES string of the molecule is CCOCCCNC(=O)NC(=O)CN1C(=O)NC(C)(c2cccc3ccccc23)C1=O. The molecular weight excluding hydrogens is 400 g/mol. The molecule has 1 aliphatic rings. The number of nitrogens with zero attached hydrogens (tertiary/aromatic N) is 1. The second-order valence-corrected chi connectivity index (χ2v) is 7.33. The molecule has 1 aliphatic heterocycles. The van der Waals surface area contributed by atoms with Crippen LogP contribution < -0.4 is 16.0 Å². The number of imide groups is 2. The molecule has 0 aliphatic carbocycles. The largest absolute Gasteiger partial charge is 0.382 e. The normalized spacial score (nSPS) is 18.2. The van der Waals surface area contributed by atoms with E-state index in [1.54, 1.807) is 13.0 Å². The zero-order chi connectivity index (χ0) is 22.4. The van der Waals surface area contributed by atoms with Gasteiger partial charge in [-0.25, -0.2) is 9.59 Å². The minimum absolute atomic E-state index is 0.335. The lowest BCUT2D eigenvalue weighted by atomic mass is 9.88. The number of hydrogen-bond acceptors (Lipinski definition) is 5. The number of amides is 6. The van der Waals surface area contributed by atoms with Crippen LogP contribution in [0.2, 0.25) is 0 Å². The Morgan fingerprint density at radius 1 is 1.13 bits per heavy atom. The van der Waals surface area contributed by atoms with Gasteiger partial charge >= 0.3 is 12.1 Å². The van der Waals surface area contributed by atoms with Gasteiger partial charge in [0.15, 0.2) is 0 Å². The number of benzene rings is 2. The van der Waals surface area contributed by atoms with Crippen LogP contribution in [0, 0.1) is 0 Å². The van der Waals surface area contributed by atoms with Crippen LogP contribution in [0.15, 0.2) is 42.5 Å². The Morgan fingerprint density at radius 3 is 2.65 bits per heavy atom. The fourth-order valence-corrected chi connectivity index (χ4v) is 3.56. The standard InChI is InChI=1S/C22H26N4O5/c1-3-31-13-7-12-23-20(29)24-18(27)14-26-19(28)22(2,25-21(26)30)17-11-6-9-15-8-4-5-10-16(15)17/h4-6,8-11H,3,7,12-14H2,1-2H3,(H,25,30)(H2,23,24,27,29). The summed E-state index contributed by atoms with van der Waals surface area (Å²) in [6.07, 6.45) is 0.603. The van der Waals surface area contributed by atoms with Crippen LogP contribution in [0.4, 0.5) is 9.59 Å². The molecule has 0 saturated carbocycles. The van der Waals surface area contributed by atoms with E-state index in [-0.39, 0.29) is 0 Å². The van der Waals surface area contributed by atoms with Crippen molar-refractivity contribution in [1.29, 1.82) is 0 Å². The Labute approximate surface area is 180 Å². The van der Waals surface area contributed by atoms with E-state index in [2.05, 4.69) is 16.0 Å². The first-order valence-corrected chi connectivity index (χ1v) is 10.1. The maximum Gasteiger partial charge on any atom is 0.325 e. The highest BCUT2D eigenvalue weighted by Gasteiger charge is 2.50. The molecule has 31 heavy (non-hydrogen) atoms. The molecule has 3 rings (SSSR count). The van der Waals surface area contributed by atoms with Gasteiger partial charge < -0.3 is 15.4 Å². The lowest BCUT2D eigenvalue weighted by molar-refractivity contribution is -0.134. The highest BCUT2D eigenvalue weighted by atomic mass is 16.5. The fourth-order valence-electron chi connectivity index (χ4n) is 3.56. The Balaban J connectivity index is 1.65. The fraction of sp³-hybridized carbons (Fsp3) is 0.364. The highest BCUT2D eigenvalue weighted by Crippen LogP contribution is 2.33. The quantitative estimate of drug-likeness (QED) is 0.440. The van der Waals surface area contributed by atoms with E-state index in [4.69, 9.17) is 4.74 Å². The van der Waals surface area contributed by atoms with Crippen molar-refractivity contribution in [3.63, 3.8) is 0 Å². The van der Waals surface area contributed by atoms with E-state index in [1.807, 2.05) is 43.3 Å². The average molecular weight is 426 g/mol. The number of fused-ring (bicyclic) bond motifs is 1. The first-order chi connectivity index (χ1) is 14.9. The minimum Gasteiger partial charge on any atom is -0.382 e. The molecule has 2 aromatic carbocycles. The molecule has 1 atom stereocenters. The van der Waals surface area contributed by atoms with Crippen LogP contribution in [0.5, 0.6) is 0 Å². The van der Waals surface area contributed by atoms with Gasteiger partial charge in [-0.15, -0.1) is 0 Å². The molecule has 6 amide bonds. The van der Waals surface area contributed by atoms with Gasteiger partial charge in [-0.05, 0) is 36.6 Å². The van der Waals surface area contributed by atoms with Crippen LogP contribution in [-0.2, 0) is 19.9 Å². The monoisotopic (exact) mass is 426 g/mol. The minimum atomic E-state index is -1.32. The molecule has 0 aromatic heterocycles. The number of ether oxygens (including phenoxy) is 1. The van der Waals surface area contributed by atoms with Crippen LogP contribution in [0.1, 0.15) is 25.8 Å². The molecule has 9 nitrogen and oxygen atoms in total. The molecule has 1 fully saturated rings. The molecule has 3 N–H and O–H groups in total. The summed E-state index contributed by atoms with van der Waals surface area (Å²) in [6.45, 7) is 4.35. The summed E-state index contributed by atoms with van der Waals surface area (Å²) < 4.78 is 5.16. The van der Waals surface area contributed by atoms with Crippen molar-refractivity contribution in [1.82, 2.24) is 20.9 Å². The molecule has 0 radical (unpaired) electrons. The number of nitrogens with one attached hydrogen (secondary N) is 3. The zero-order valence-electron chi connectivity index (χ0n) is 17.6. The predicted octanol–water partition coefficient (Wildman–Crippen LogP) is 1.86. The number of carbonyl (C=O) groups is 4. The van der Waals surface area contributed by atoms with Gasteiger partial charge in [-0.3, -0.25) is 19.8 Å². The Kier molecular flexibility index (Phi) is 6.86. The summed E-state index contributed by atoms with van der Waals surface area (Å²) in [7, 11) is 0. The van der Waals surface area contributed by atoms with Crippen molar-refractivity contribution in [3.8, 4) is 0 Å². The Hall–Kier alpha value is -3.46. The summed E-state index contributed by atoms with van der Waals surface area (Å²) in [5, 5.41) is 9.12. The summed E-state index contributed by atoms with van der Waals surface area (Å²) in [4.78, 5) is 50.5. The molecule has 164 valence electrons. The number of hydrogen-bond donors (Lipinski definition) is 3. The van der Waals surface area contributed by atoms with Gasteiger partial charge in [0, 0.05) is 19.8 Å². The summed E-state index contributed by atoms with van der Waals surface area (Å²) in [5.74, 6) is -1.31. The van der Waals surface area contributed by atoms with Gasteiger partial charge in [0.25, 0.3) is 5.91 Å². The van der Waals surface area contributed by atoms with Gasteiger partial charge in [-0.1, -0.05) is 42.5 Å². The van der Waals surface area contributed by atoms with Gasteiger partial charge in [0.1, 0.15) is 12.1 Å². The Bertz CT molecular complexity index is 1000. The van der Waals surface area contributed by atoms with Crippen molar-refractivity contribution in [3.05, 3.63) is 48.0 Å². The summed E-state index contributed by atoms with van der Waals surface area (Å²) in [5.41, 5.74) is -0.682. The van der Waals surface area contributed by atoms with Crippen molar-refractivity contribution < 1.29 is 23.9 Å².